The highest BCUT2D eigenvalue weighted by molar-refractivity contribution is 7.12. The molecule has 3 nitrogen and oxygen atoms in total. The van der Waals surface area contributed by atoms with Gasteiger partial charge in [-0.1, -0.05) is 6.92 Å². The van der Waals surface area contributed by atoms with Crippen molar-refractivity contribution in [2.24, 2.45) is 5.73 Å². The van der Waals surface area contributed by atoms with Crippen molar-refractivity contribution in [1.29, 1.82) is 0 Å². The van der Waals surface area contributed by atoms with Crippen LogP contribution in [0.25, 0.3) is 0 Å². The summed E-state index contributed by atoms with van der Waals surface area (Å²) in [4.78, 5) is 13.7. The minimum Gasteiger partial charge on any atom is -0.466 e. The van der Waals surface area contributed by atoms with Gasteiger partial charge in [0, 0.05) is 22.2 Å². The maximum atomic E-state index is 11.2. The Morgan fingerprint density at radius 3 is 2.81 bits per heavy atom. The Morgan fingerprint density at radius 2 is 2.25 bits per heavy atom. The molecule has 4 heteroatoms. The van der Waals surface area contributed by atoms with E-state index in [-0.39, 0.29) is 12.0 Å². The molecule has 0 radical (unpaired) electrons. The van der Waals surface area contributed by atoms with Crippen LogP contribution in [0.15, 0.2) is 12.1 Å². The van der Waals surface area contributed by atoms with E-state index < -0.39 is 0 Å². The van der Waals surface area contributed by atoms with E-state index in [1.165, 1.54) is 4.88 Å². The molecule has 0 saturated carbocycles. The van der Waals surface area contributed by atoms with Crippen molar-refractivity contribution in [3.63, 3.8) is 0 Å². The maximum Gasteiger partial charge on any atom is 0.305 e. The third-order valence-electron chi connectivity index (χ3n) is 2.36. The number of hydrogen-bond donors (Lipinski definition) is 1. The molecule has 1 unspecified atom stereocenters. The number of aryl methyl sites for hydroxylation is 1. The second-order valence-corrected chi connectivity index (χ2v) is 4.81. The highest BCUT2D eigenvalue weighted by Crippen LogP contribution is 2.25. The summed E-state index contributed by atoms with van der Waals surface area (Å²) < 4.78 is 4.86. The zero-order chi connectivity index (χ0) is 12.0. The van der Waals surface area contributed by atoms with Gasteiger partial charge in [-0.25, -0.2) is 0 Å². The Bertz CT molecular complexity index is 336. The first-order chi connectivity index (χ1) is 7.67. The molecule has 0 aliphatic rings. The third-order valence-corrected chi connectivity index (χ3v) is 3.72. The number of rotatable bonds is 6. The van der Waals surface area contributed by atoms with Crippen LogP contribution in [0.1, 0.15) is 42.5 Å². The number of carbonyl (C=O) groups is 1. The van der Waals surface area contributed by atoms with Crippen LogP contribution in [-0.2, 0) is 16.0 Å². The van der Waals surface area contributed by atoms with E-state index in [0.29, 0.717) is 19.4 Å². The monoisotopic (exact) mass is 241 g/mol. The van der Waals surface area contributed by atoms with E-state index in [0.717, 1.165) is 11.3 Å². The van der Waals surface area contributed by atoms with Crippen LogP contribution in [0.4, 0.5) is 0 Å². The minimum atomic E-state index is -0.162. The number of nitrogens with two attached hydrogens (primary N) is 1. The topological polar surface area (TPSA) is 52.3 Å². The second kappa shape index (κ2) is 6.66. The average molecular weight is 241 g/mol. The van der Waals surface area contributed by atoms with Gasteiger partial charge in [0.1, 0.15) is 0 Å². The van der Waals surface area contributed by atoms with Gasteiger partial charge in [0.05, 0.1) is 6.61 Å². The molecule has 0 aliphatic carbocycles. The van der Waals surface area contributed by atoms with Gasteiger partial charge in [-0.3, -0.25) is 4.79 Å². The summed E-state index contributed by atoms with van der Waals surface area (Å²) in [6, 6.07) is 4.11. The smallest absolute Gasteiger partial charge is 0.305 e. The van der Waals surface area contributed by atoms with E-state index in [4.69, 9.17) is 10.5 Å². The molecule has 1 aromatic rings. The Balaban J connectivity index is 2.40. The Labute approximate surface area is 101 Å². The SMILES string of the molecule is CCOC(=O)CCC(N)c1ccc(CC)s1. The Kier molecular flexibility index (Phi) is 5.49. The summed E-state index contributed by atoms with van der Waals surface area (Å²) in [5.41, 5.74) is 6.01. The number of esters is 1. The second-order valence-electron chi connectivity index (χ2n) is 3.61. The van der Waals surface area contributed by atoms with Gasteiger partial charge >= 0.3 is 5.97 Å². The fraction of sp³-hybridized carbons (Fsp3) is 0.583. The Morgan fingerprint density at radius 1 is 1.50 bits per heavy atom. The molecule has 1 heterocycles. The van der Waals surface area contributed by atoms with Crippen LogP contribution in [-0.4, -0.2) is 12.6 Å². The quantitative estimate of drug-likeness (QED) is 0.779. The number of carbonyl (C=O) groups excluding carboxylic acids is 1. The predicted octanol–water partition coefficient (Wildman–Crippen LogP) is 2.65. The van der Waals surface area contributed by atoms with Crippen LogP contribution in [0.5, 0.6) is 0 Å². The predicted molar refractivity (Wildman–Crippen MR) is 66.5 cm³/mol. The van der Waals surface area contributed by atoms with Crippen LogP contribution in [0, 0.1) is 0 Å². The summed E-state index contributed by atoms with van der Waals surface area (Å²) in [5, 5.41) is 0. The number of hydrogen-bond acceptors (Lipinski definition) is 4. The lowest BCUT2D eigenvalue weighted by Crippen LogP contribution is -2.12. The van der Waals surface area contributed by atoms with Crippen LogP contribution < -0.4 is 5.73 Å². The molecular weight excluding hydrogens is 222 g/mol. The van der Waals surface area contributed by atoms with Gasteiger partial charge < -0.3 is 10.5 Å². The van der Waals surface area contributed by atoms with E-state index in [9.17, 15) is 4.79 Å². The fourth-order valence-electron chi connectivity index (χ4n) is 1.43. The minimum absolute atomic E-state index is 0.0466. The maximum absolute atomic E-state index is 11.2. The lowest BCUT2D eigenvalue weighted by atomic mass is 10.1. The lowest BCUT2D eigenvalue weighted by Gasteiger charge is -2.08. The standard InChI is InChI=1S/C12H19NO2S/c1-3-9-5-7-11(16-9)10(13)6-8-12(14)15-4-2/h5,7,10H,3-4,6,8,13H2,1-2H3. The van der Waals surface area contributed by atoms with E-state index in [1.54, 1.807) is 11.3 Å². The van der Waals surface area contributed by atoms with Crippen molar-refractivity contribution in [2.45, 2.75) is 39.2 Å². The molecule has 0 amide bonds. The molecule has 0 aliphatic heterocycles. The van der Waals surface area contributed by atoms with E-state index in [1.807, 2.05) is 6.92 Å². The number of thiophene rings is 1. The Hall–Kier alpha value is -0.870. The van der Waals surface area contributed by atoms with Crippen molar-refractivity contribution in [3.8, 4) is 0 Å². The summed E-state index contributed by atoms with van der Waals surface area (Å²) in [6.45, 7) is 4.37. The molecule has 2 N–H and O–H groups in total. The molecule has 0 spiro atoms. The molecule has 1 atom stereocenters. The fourth-order valence-corrected chi connectivity index (χ4v) is 2.42. The van der Waals surface area contributed by atoms with Gasteiger partial charge in [-0.2, -0.15) is 0 Å². The molecule has 0 saturated heterocycles. The van der Waals surface area contributed by atoms with E-state index >= 15 is 0 Å². The summed E-state index contributed by atoms with van der Waals surface area (Å²) >= 11 is 1.73. The lowest BCUT2D eigenvalue weighted by molar-refractivity contribution is -0.143. The molecule has 0 bridgehead atoms. The van der Waals surface area contributed by atoms with Crippen LogP contribution in [0.3, 0.4) is 0 Å². The molecule has 1 rings (SSSR count). The summed E-state index contributed by atoms with van der Waals surface area (Å²) in [6.07, 6.45) is 2.09. The molecule has 16 heavy (non-hydrogen) atoms. The highest BCUT2D eigenvalue weighted by atomic mass is 32.1. The van der Waals surface area contributed by atoms with Gasteiger partial charge in [-0.15, -0.1) is 11.3 Å². The van der Waals surface area contributed by atoms with Gasteiger partial charge in [0.15, 0.2) is 0 Å². The van der Waals surface area contributed by atoms with Crippen molar-refractivity contribution < 1.29 is 9.53 Å². The first-order valence-corrected chi connectivity index (χ1v) is 6.48. The average Bonchev–Trinajstić information content (AvgIpc) is 2.75. The summed E-state index contributed by atoms with van der Waals surface area (Å²) in [5.74, 6) is -0.162. The molecular formula is C12H19NO2S. The van der Waals surface area contributed by atoms with Gasteiger partial charge in [0.2, 0.25) is 0 Å². The first-order valence-electron chi connectivity index (χ1n) is 5.67. The largest absolute Gasteiger partial charge is 0.466 e. The van der Waals surface area contributed by atoms with Crippen molar-refractivity contribution in [3.05, 3.63) is 21.9 Å². The van der Waals surface area contributed by atoms with Gasteiger partial charge in [0.25, 0.3) is 0 Å². The summed E-state index contributed by atoms with van der Waals surface area (Å²) in [7, 11) is 0. The van der Waals surface area contributed by atoms with Crippen molar-refractivity contribution in [2.75, 3.05) is 6.61 Å². The van der Waals surface area contributed by atoms with Gasteiger partial charge in [-0.05, 0) is 31.9 Å². The van der Waals surface area contributed by atoms with Crippen LogP contribution in [0.2, 0.25) is 0 Å². The van der Waals surface area contributed by atoms with Crippen LogP contribution >= 0.6 is 11.3 Å². The van der Waals surface area contributed by atoms with Crippen molar-refractivity contribution in [1.82, 2.24) is 0 Å². The van der Waals surface area contributed by atoms with E-state index in [2.05, 4.69) is 19.1 Å². The molecule has 0 aromatic carbocycles. The zero-order valence-corrected chi connectivity index (χ0v) is 10.7. The van der Waals surface area contributed by atoms with Crippen molar-refractivity contribution >= 4 is 17.3 Å². The number of ether oxygens (including phenoxy) is 1. The molecule has 0 fully saturated rings. The molecule has 1 aromatic heterocycles. The molecule has 90 valence electrons. The highest BCUT2D eigenvalue weighted by Gasteiger charge is 2.11. The first kappa shape index (κ1) is 13.2. The third kappa shape index (κ3) is 3.94. The normalized spacial score (nSPS) is 12.4. The zero-order valence-electron chi connectivity index (χ0n) is 9.86.